The van der Waals surface area contributed by atoms with Crippen LogP contribution in [-0.4, -0.2) is 12.6 Å². The Labute approximate surface area is 95.0 Å². The van der Waals surface area contributed by atoms with Crippen LogP contribution in [0, 0.1) is 23.7 Å². The monoisotopic (exact) mass is 209 g/mol. The molecule has 0 aromatic rings. The molecule has 1 aliphatic heterocycles. The van der Waals surface area contributed by atoms with Crippen molar-refractivity contribution in [3.63, 3.8) is 0 Å². The van der Waals surface area contributed by atoms with Gasteiger partial charge in [-0.05, 0) is 62.8 Å². The molecule has 0 spiro atoms. The lowest BCUT2D eigenvalue weighted by molar-refractivity contribution is 0.130. The Morgan fingerprint density at radius 3 is 2.13 bits per heavy atom. The Bertz CT molecular complexity index is 194. The van der Waals surface area contributed by atoms with E-state index in [0.29, 0.717) is 0 Å². The highest BCUT2D eigenvalue weighted by Gasteiger charge is 2.31. The van der Waals surface area contributed by atoms with E-state index in [1.165, 1.54) is 38.6 Å². The Hall–Kier alpha value is -0.0400. The van der Waals surface area contributed by atoms with Crippen molar-refractivity contribution in [3.05, 3.63) is 0 Å². The van der Waals surface area contributed by atoms with Gasteiger partial charge in [-0.25, -0.2) is 0 Å². The molecule has 1 heterocycles. The molecular weight excluding hydrogens is 182 g/mol. The summed E-state index contributed by atoms with van der Waals surface area (Å²) < 4.78 is 0. The molecule has 1 N–H and O–H groups in total. The number of nitrogens with one attached hydrogen (secondary N) is 1. The molecule has 2 aliphatic rings. The van der Waals surface area contributed by atoms with Crippen LogP contribution in [0.1, 0.15) is 52.9 Å². The van der Waals surface area contributed by atoms with Crippen LogP contribution in [0.4, 0.5) is 0 Å². The summed E-state index contributed by atoms with van der Waals surface area (Å²) in [6.45, 7) is 8.49. The molecule has 0 aromatic carbocycles. The Morgan fingerprint density at radius 2 is 1.53 bits per heavy atom. The van der Waals surface area contributed by atoms with Crippen LogP contribution in [0.5, 0.6) is 0 Å². The maximum absolute atomic E-state index is 3.66. The quantitative estimate of drug-likeness (QED) is 0.697. The van der Waals surface area contributed by atoms with Crippen molar-refractivity contribution in [1.29, 1.82) is 0 Å². The van der Waals surface area contributed by atoms with Crippen molar-refractivity contribution in [1.82, 2.24) is 5.32 Å². The van der Waals surface area contributed by atoms with Crippen molar-refractivity contribution in [2.24, 2.45) is 23.7 Å². The third kappa shape index (κ3) is 2.75. The zero-order valence-electron chi connectivity index (χ0n) is 10.6. The van der Waals surface area contributed by atoms with Crippen molar-refractivity contribution < 1.29 is 0 Å². The average molecular weight is 209 g/mol. The van der Waals surface area contributed by atoms with Gasteiger partial charge in [0.25, 0.3) is 0 Å². The minimum atomic E-state index is 0.765. The van der Waals surface area contributed by atoms with E-state index in [1.54, 1.807) is 0 Å². The van der Waals surface area contributed by atoms with E-state index in [9.17, 15) is 0 Å². The number of piperidine rings is 1. The molecule has 1 saturated carbocycles. The van der Waals surface area contributed by atoms with E-state index in [2.05, 4.69) is 26.1 Å². The second-order valence-electron chi connectivity index (χ2n) is 6.17. The van der Waals surface area contributed by atoms with Gasteiger partial charge in [-0.1, -0.05) is 20.3 Å². The predicted molar refractivity (Wildman–Crippen MR) is 65.9 cm³/mol. The highest BCUT2D eigenvalue weighted by atomic mass is 14.9. The largest absolute Gasteiger partial charge is 0.314 e. The standard InChI is InChI=1S/C14H27N/c1-10-4-6-13(8-11(10)2)14-7-5-12(3)15-9-14/h10-15H,4-9H2,1-3H3. The van der Waals surface area contributed by atoms with Gasteiger partial charge in [-0.15, -0.1) is 0 Å². The Balaban J connectivity index is 1.84. The first-order chi connectivity index (χ1) is 7.16. The minimum absolute atomic E-state index is 0.765. The van der Waals surface area contributed by atoms with Crippen molar-refractivity contribution in [2.75, 3.05) is 6.54 Å². The summed E-state index contributed by atoms with van der Waals surface area (Å²) in [4.78, 5) is 0. The van der Waals surface area contributed by atoms with E-state index in [-0.39, 0.29) is 0 Å². The molecule has 0 bridgehead atoms. The Morgan fingerprint density at radius 1 is 0.800 bits per heavy atom. The molecule has 2 rings (SSSR count). The third-order valence-electron chi connectivity index (χ3n) is 5.00. The summed E-state index contributed by atoms with van der Waals surface area (Å²) in [5.74, 6) is 3.94. The zero-order chi connectivity index (χ0) is 10.8. The minimum Gasteiger partial charge on any atom is -0.314 e. The molecule has 1 saturated heterocycles. The maximum Gasteiger partial charge on any atom is 0.00389 e. The highest BCUT2D eigenvalue weighted by Crippen LogP contribution is 2.39. The summed E-state index contributed by atoms with van der Waals surface area (Å²) in [6.07, 6.45) is 7.32. The fourth-order valence-corrected chi connectivity index (χ4v) is 3.44. The lowest BCUT2D eigenvalue weighted by atomic mass is 9.69. The molecule has 15 heavy (non-hydrogen) atoms. The van der Waals surface area contributed by atoms with Gasteiger partial charge in [0.15, 0.2) is 0 Å². The molecular formula is C14H27N. The molecule has 1 aliphatic carbocycles. The second-order valence-corrected chi connectivity index (χ2v) is 6.17. The average Bonchev–Trinajstić information content (AvgIpc) is 2.23. The van der Waals surface area contributed by atoms with Gasteiger partial charge in [0.2, 0.25) is 0 Å². The van der Waals surface area contributed by atoms with Crippen LogP contribution in [0.25, 0.3) is 0 Å². The lowest BCUT2D eigenvalue weighted by Gasteiger charge is -2.39. The fourth-order valence-electron chi connectivity index (χ4n) is 3.44. The van der Waals surface area contributed by atoms with E-state index in [0.717, 1.165) is 29.7 Å². The fraction of sp³-hybridized carbons (Fsp3) is 1.00. The van der Waals surface area contributed by atoms with Crippen molar-refractivity contribution in [3.8, 4) is 0 Å². The van der Waals surface area contributed by atoms with Crippen LogP contribution in [0.2, 0.25) is 0 Å². The van der Waals surface area contributed by atoms with Gasteiger partial charge < -0.3 is 5.32 Å². The van der Waals surface area contributed by atoms with Crippen LogP contribution < -0.4 is 5.32 Å². The van der Waals surface area contributed by atoms with Gasteiger partial charge >= 0.3 is 0 Å². The van der Waals surface area contributed by atoms with Crippen molar-refractivity contribution in [2.45, 2.75) is 58.9 Å². The van der Waals surface area contributed by atoms with E-state index in [4.69, 9.17) is 0 Å². The van der Waals surface area contributed by atoms with Crippen molar-refractivity contribution >= 4 is 0 Å². The summed E-state index contributed by atoms with van der Waals surface area (Å²) in [5, 5.41) is 3.66. The summed E-state index contributed by atoms with van der Waals surface area (Å²) in [6, 6.07) is 0.765. The first-order valence-corrected chi connectivity index (χ1v) is 6.90. The molecule has 0 aromatic heterocycles. The lowest BCUT2D eigenvalue weighted by Crippen LogP contribution is -2.41. The number of hydrogen-bond acceptors (Lipinski definition) is 1. The zero-order valence-corrected chi connectivity index (χ0v) is 10.6. The SMILES string of the molecule is CC1CCC(C2CCC(C)C(C)C2)CN1. The second kappa shape index (κ2) is 4.86. The normalized spacial score (nSPS) is 47.8. The van der Waals surface area contributed by atoms with Gasteiger partial charge in [0.05, 0.1) is 0 Å². The molecule has 0 radical (unpaired) electrons. The van der Waals surface area contributed by atoms with Gasteiger partial charge in [0, 0.05) is 6.04 Å². The predicted octanol–water partition coefficient (Wildman–Crippen LogP) is 3.45. The maximum atomic E-state index is 3.66. The van der Waals surface area contributed by atoms with E-state index in [1.807, 2.05) is 0 Å². The number of rotatable bonds is 1. The topological polar surface area (TPSA) is 12.0 Å². The molecule has 5 unspecified atom stereocenters. The number of hydrogen-bond donors (Lipinski definition) is 1. The molecule has 2 fully saturated rings. The van der Waals surface area contributed by atoms with Crippen LogP contribution in [-0.2, 0) is 0 Å². The van der Waals surface area contributed by atoms with Gasteiger partial charge in [-0.3, -0.25) is 0 Å². The molecule has 5 atom stereocenters. The Kier molecular flexibility index (Phi) is 3.71. The smallest absolute Gasteiger partial charge is 0.00389 e. The van der Waals surface area contributed by atoms with Crippen LogP contribution in [0.15, 0.2) is 0 Å². The van der Waals surface area contributed by atoms with Gasteiger partial charge in [0.1, 0.15) is 0 Å². The first-order valence-electron chi connectivity index (χ1n) is 6.90. The molecule has 1 nitrogen and oxygen atoms in total. The highest BCUT2D eigenvalue weighted by molar-refractivity contribution is 4.84. The van der Waals surface area contributed by atoms with Gasteiger partial charge in [-0.2, -0.15) is 0 Å². The molecule has 88 valence electrons. The van der Waals surface area contributed by atoms with E-state index < -0.39 is 0 Å². The van der Waals surface area contributed by atoms with E-state index >= 15 is 0 Å². The third-order valence-corrected chi connectivity index (χ3v) is 5.00. The summed E-state index contributed by atoms with van der Waals surface area (Å²) in [7, 11) is 0. The molecule has 0 amide bonds. The summed E-state index contributed by atoms with van der Waals surface area (Å²) >= 11 is 0. The summed E-state index contributed by atoms with van der Waals surface area (Å²) in [5.41, 5.74) is 0. The van der Waals surface area contributed by atoms with Crippen LogP contribution in [0.3, 0.4) is 0 Å². The first kappa shape index (κ1) is 11.4. The molecule has 1 heteroatoms. The van der Waals surface area contributed by atoms with Crippen LogP contribution >= 0.6 is 0 Å².